The first kappa shape index (κ1) is 12.6. The Bertz CT molecular complexity index is 489. The third-order valence-electron chi connectivity index (χ3n) is 2.49. The van der Waals surface area contributed by atoms with Crippen molar-refractivity contribution < 1.29 is 4.74 Å². The molecule has 7 nitrogen and oxygen atoms in total. The summed E-state index contributed by atoms with van der Waals surface area (Å²) < 4.78 is 9.16. The van der Waals surface area contributed by atoms with Crippen molar-refractivity contribution in [2.75, 3.05) is 6.61 Å². The fourth-order valence-electron chi connectivity index (χ4n) is 1.48. The lowest BCUT2D eigenvalue weighted by Crippen LogP contribution is -2.08. The van der Waals surface area contributed by atoms with Crippen LogP contribution in [0.15, 0.2) is 18.6 Å². The van der Waals surface area contributed by atoms with Crippen LogP contribution in [0.25, 0.3) is 0 Å². The lowest BCUT2D eigenvalue weighted by atomic mass is 10.4. The number of nitrogens with zero attached hydrogens (tertiary/aromatic N) is 5. The molecule has 2 heterocycles. The molecule has 0 bridgehead atoms. The van der Waals surface area contributed by atoms with Gasteiger partial charge in [-0.1, -0.05) is 5.21 Å². The molecule has 2 aromatic rings. The second kappa shape index (κ2) is 5.63. The van der Waals surface area contributed by atoms with E-state index in [2.05, 4.69) is 29.3 Å². The highest BCUT2D eigenvalue weighted by molar-refractivity contribution is 5.11. The molecule has 0 fully saturated rings. The zero-order chi connectivity index (χ0) is 13.0. The van der Waals surface area contributed by atoms with Crippen molar-refractivity contribution in [2.45, 2.75) is 33.0 Å². The van der Waals surface area contributed by atoms with Crippen LogP contribution >= 0.6 is 0 Å². The van der Waals surface area contributed by atoms with E-state index in [1.807, 2.05) is 17.1 Å². The summed E-state index contributed by atoms with van der Waals surface area (Å²) in [6.45, 7) is 5.71. The van der Waals surface area contributed by atoms with E-state index >= 15 is 0 Å². The second-order valence-corrected chi connectivity index (χ2v) is 4.28. The maximum absolute atomic E-state index is 5.58. The van der Waals surface area contributed by atoms with Crippen LogP contribution in [-0.4, -0.2) is 31.4 Å². The molecule has 2 rings (SSSR count). The monoisotopic (exact) mass is 250 g/mol. The first-order chi connectivity index (χ1) is 8.69. The van der Waals surface area contributed by atoms with E-state index in [1.165, 1.54) is 0 Å². The molecule has 2 aromatic heterocycles. The molecule has 0 radical (unpaired) electrons. The minimum absolute atomic E-state index is 0.338. The molecule has 0 amide bonds. The van der Waals surface area contributed by atoms with Gasteiger partial charge in [0, 0.05) is 18.8 Å². The summed E-state index contributed by atoms with van der Waals surface area (Å²) in [7, 11) is 0. The van der Waals surface area contributed by atoms with Crippen molar-refractivity contribution in [2.24, 2.45) is 5.73 Å². The maximum atomic E-state index is 5.58. The van der Waals surface area contributed by atoms with Crippen LogP contribution < -0.4 is 10.5 Å². The van der Waals surface area contributed by atoms with E-state index in [0.717, 1.165) is 11.4 Å². The van der Waals surface area contributed by atoms with Gasteiger partial charge in [0.05, 0.1) is 24.6 Å². The molecule has 0 unspecified atom stereocenters. The van der Waals surface area contributed by atoms with Gasteiger partial charge < -0.3 is 10.5 Å². The Morgan fingerprint density at radius 3 is 2.83 bits per heavy atom. The Labute approximate surface area is 106 Å². The second-order valence-electron chi connectivity index (χ2n) is 4.28. The SMILES string of the molecule is CC(C)n1cc(OCCn2cc(CN)nn2)cn1. The highest BCUT2D eigenvalue weighted by atomic mass is 16.5. The predicted octanol–water partition coefficient (Wildman–Crippen LogP) is 0.593. The van der Waals surface area contributed by atoms with E-state index in [9.17, 15) is 0 Å². The normalized spacial score (nSPS) is 11.1. The highest BCUT2D eigenvalue weighted by Gasteiger charge is 2.03. The van der Waals surface area contributed by atoms with Crippen molar-refractivity contribution in [3.8, 4) is 5.75 Å². The molecule has 0 saturated heterocycles. The van der Waals surface area contributed by atoms with Crippen molar-refractivity contribution in [3.05, 3.63) is 24.3 Å². The largest absolute Gasteiger partial charge is 0.488 e. The Balaban J connectivity index is 1.80. The molecule has 0 saturated carbocycles. The van der Waals surface area contributed by atoms with Crippen LogP contribution in [0.4, 0.5) is 0 Å². The third-order valence-corrected chi connectivity index (χ3v) is 2.49. The van der Waals surface area contributed by atoms with Gasteiger partial charge in [0.15, 0.2) is 5.75 Å². The van der Waals surface area contributed by atoms with Gasteiger partial charge in [-0.05, 0) is 13.8 Å². The molecule has 18 heavy (non-hydrogen) atoms. The van der Waals surface area contributed by atoms with E-state index in [1.54, 1.807) is 10.9 Å². The lowest BCUT2D eigenvalue weighted by molar-refractivity contribution is 0.289. The van der Waals surface area contributed by atoms with Gasteiger partial charge in [0.25, 0.3) is 0 Å². The van der Waals surface area contributed by atoms with Crippen LogP contribution in [0.3, 0.4) is 0 Å². The van der Waals surface area contributed by atoms with Crippen LogP contribution in [0.5, 0.6) is 5.75 Å². The fourth-order valence-corrected chi connectivity index (χ4v) is 1.48. The van der Waals surface area contributed by atoms with Crippen molar-refractivity contribution in [1.82, 2.24) is 24.8 Å². The smallest absolute Gasteiger partial charge is 0.157 e. The average molecular weight is 250 g/mol. The highest BCUT2D eigenvalue weighted by Crippen LogP contribution is 2.12. The number of hydrogen-bond acceptors (Lipinski definition) is 5. The molecule has 0 spiro atoms. The molecule has 0 atom stereocenters. The van der Waals surface area contributed by atoms with E-state index in [0.29, 0.717) is 25.7 Å². The first-order valence-electron chi connectivity index (χ1n) is 5.95. The Morgan fingerprint density at radius 2 is 2.22 bits per heavy atom. The summed E-state index contributed by atoms with van der Waals surface area (Å²) in [5, 5.41) is 12.0. The van der Waals surface area contributed by atoms with Gasteiger partial charge in [-0.25, -0.2) is 4.68 Å². The zero-order valence-electron chi connectivity index (χ0n) is 10.7. The van der Waals surface area contributed by atoms with Crippen LogP contribution in [0.2, 0.25) is 0 Å². The Hall–Kier alpha value is -1.89. The predicted molar refractivity (Wildman–Crippen MR) is 66.0 cm³/mol. The summed E-state index contributed by atoms with van der Waals surface area (Å²) in [5.41, 5.74) is 6.24. The quantitative estimate of drug-likeness (QED) is 0.811. The van der Waals surface area contributed by atoms with Gasteiger partial charge in [-0.3, -0.25) is 4.68 Å². The molecular weight excluding hydrogens is 232 g/mol. The van der Waals surface area contributed by atoms with Gasteiger partial charge in [-0.2, -0.15) is 5.10 Å². The van der Waals surface area contributed by atoms with Gasteiger partial charge in [0.1, 0.15) is 6.61 Å². The molecule has 98 valence electrons. The zero-order valence-corrected chi connectivity index (χ0v) is 10.7. The van der Waals surface area contributed by atoms with Crippen LogP contribution in [0, 0.1) is 0 Å². The van der Waals surface area contributed by atoms with Crippen LogP contribution in [0.1, 0.15) is 25.6 Å². The number of aromatic nitrogens is 5. The van der Waals surface area contributed by atoms with Crippen molar-refractivity contribution in [3.63, 3.8) is 0 Å². The number of hydrogen-bond donors (Lipinski definition) is 1. The Kier molecular flexibility index (Phi) is 3.93. The molecule has 2 N–H and O–H groups in total. The summed E-state index contributed by atoms with van der Waals surface area (Å²) in [6, 6.07) is 0.338. The van der Waals surface area contributed by atoms with Gasteiger partial charge in [-0.15, -0.1) is 5.10 Å². The molecule has 0 aliphatic heterocycles. The topological polar surface area (TPSA) is 83.8 Å². The first-order valence-corrected chi connectivity index (χ1v) is 5.95. The number of ether oxygens (including phenoxy) is 1. The molecular formula is C11H18N6O. The van der Waals surface area contributed by atoms with Crippen molar-refractivity contribution >= 4 is 0 Å². The standard InChI is InChI=1S/C11H18N6O/c1-9(2)17-8-11(6-13-17)18-4-3-16-7-10(5-12)14-15-16/h6-9H,3-5,12H2,1-2H3. The fraction of sp³-hybridized carbons (Fsp3) is 0.545. The summed E-state index contributed by atoms with van der Waals surface area (Å²) >= 11 is 0. The van der Waals surface area contributed by atoms with E-state index in [-0.39, 0.29) is 0 Å². The number of rotatable bonds is 6. The lowest BCUT2D eigenvalue weighted by Gasteiger charge is -2.04. The minimum atomic E-state index is 0.338. The maximum Gasteiger partial charge on any atom is 0.157 e. The van der Waals surface area contributed by atoms with Crippen LogP contribution in [-0.2, 0) is 13.1 Å². The molecule has 0 aliphatic rings. The molecule has 7 heteroatoms. The van der Waals surface area contributed by atoms with E-state index < -0.39 is 0 Å². The summed E-state index contributed by atoms with van der Waals surface area (Å²) in [4.78, 5) is 0. The van der Waals surface area contributed by atoms with Gasteiger partial charge in [0.2, 0.25) is 0 Å². The summed E-state index contributed by atoms with van der Waals surface area (Å²) in [5.74, 6) is 0.767. The molecule has 0 aromatic carbocycles. The van der Waals surface area contributed by atoms with E-state index in [4.69, 9.17) is 10.5 Å². The third kappa shape index (κ3) is 3.07. The summed E-state index contributed by atoms with van der Waals surface area (Å²) in [6.07, 6.45) is 5.42. The van der Waals surface area contributed by atoms with Crippen molar-refractivity contribution in [1.29, 1.82) is 0 Å². The Morgan fingerprint density at radius 1 is 1.39 bits per heavy atom. The number of nitrogens with two attached hydrogens (primary N) is 1. The van der Waals surface area contributed by atoms with Gasteiger partial charge >= 0.3 is 0 Å². The molecule has 0 aliphatic carbocycles. The average Bonchev–Trinajstić information content (AvgIpc) is 2.97. The minimum Gasteiger partial charge on any atom is -0.488 e.